The maximum absolute atomic E-state index is 12.0. The summed E-state index contributed by atoms with van der Waals surface area (Å²) < 4.78 is 22.2. The van der Waals surface area contributed by atoms with E-state index in [0.29, 0.717) is 55.8 Å². The van der Waals surface area contributed by atoms with Crippen LogP contribution in [0.3, 0.4) is 0 Å². The molecule has 200 valence electrons. The van der Waals surface area contributed by atoms with Crippen molar-refractivity contribution in [3.8, 4) is 23.0 Å². The summed E-state index contributed by atoms with van der Waals surface area (Å²) in [6, 6.07) is 10.8. The summed E-state index contributed by atoms with van der Waals surface area (Å²) in [5.41, 5.74) is 6.44. The van der Waals surface area contributed by atoms with Gasteiger partial charge in [0.1, 0.15) is 0 Å². The molecule has 2 rings (SSSR count). The second-order valence-corrected chi connectivity index (χ2v) is 7.58. The zero-order valence-electron chi connectivity index (χ0n) is 21.9. The minimum Gasteiger partial charge on any atom is -0.490 e. The third kappa shape index (κ3) is 10.6. The molecule has 0 saturated carbocycles. The summed E-state index contributed by atoms with van der Waals surface area (Å²) in [6.45, 7) is 9.67. The average Bonchev–Trinajstić information content (AvgIpc) is 2.87. The van der Waals surface area contributed by atoms with Crippen LogP contribution in [0.25, 0.3) is 0 Å². The van der Waals surface area contributed by atoms with Gasteiger partial charge in [-0.1, -0.05) is 0 Å². The van der Waals surface area contributed by atoms with Crippen LogP contribution in [-0.2, 0) is 9.59 Å². The smallest absolute Gasteiger partial charge is 0.240 e. The Kier molecular flexibility index (Phi) is 13.1. The van der Waals surface area contributed by atoms with E-state index in [1.807, 2.05) is 39.8 Å². The Morgan fingerprint density at radius 1 is 0.649 bits per heavy atom. The van der Waals surface area contributed by atoms with E-state index in [4.69, 9.17) is 18.9 Å². The molecule has 0 aliphatic rings. The van der Waals surface area contributed by atoms with Gasteiger partial charge in [-0.3, -0.25) is 9.59 Å². The topological polar surface area (TPSA) is 120 Å². The minimum absolute atomic E-state index is 0.151. The van der Waals surface area contributed by atoms with Crippen molar-refractivity contribution in [2.75, 3.05) is 26.4 Å². The molecule has 2 aromatic carbocycles. The molecule has 0 unspecified atom stereocenters. The van der Waals surface area contributed by atoms with Crippen LogP contribution in [0.2, 0.25) is 0 Å². The number of amides is 2. The van der Waals surface area contributed by atoms with Crippen molar-refractivity contribution in [3.05, 3.63) is 47.5 Å². The molecule has 0 saturated heterocycles. The maximum Gasteiger partial charge on any atom is 0.240 e. The highest BCUT2D eigenvalue weighted by Gasteiger charge is 2.07. The Balaban J connectivity index is 1.74. The number of nitrogens with one attached hydrogen (secondary N) is 2. The predicted octanol–water partition coefficient (Wildman–Crippen LogP) is 4.05. The summed E-state index contributed by atoms with van der Waals surface area (Å²) in [5, 5.41) is 7.95. The fourth-order valence-corrected chi connectivity index (χ4v) is 3.17. The maximum atomic E-state index is 12.0. The van der Waals surface area contributed by atoms with E-state index in [9.17, 15) is 9.59 Å². The second kappa shape index (κ2) is 16.6. The first-order valence-corrected chi connectivity index (χ1v) is 12.4. The lowest BCUT2D eigenvalue weighted by Gasteiger charge is -2.11. The molecule has 0 aliphatic heterocycles. The summed E-state index contributed by atoms with van der Waals surface area (Å²) in [5.74, 6) is 1.96. The molecule has 2 aromatic rings. The molecule has 0 bridgehead atoms. The molecule has 0 radical (unpaired) electrons. The van der Waals surface area contributed by atoms with Gasteiger partial charge in [-0.05, 0) is 81.6 Å². The Labute approximate surface area is 218 Å². The third-order valence-corrected chi connectivity index (χ3v) is 4.75. The standard InChI is InChI=1S/C27H36N4O6/c1-5-34-22-14-12-20(16-24(22)36-7-3)18-28-30-26(32)10-9-11-27(33)31-29-19-21-13-15-23(35-6-2)25(17-21)37-8-4/h12-19H,5-11H2,1-4H3,(H,30,32)(H,31,33). The number of rotatable bonds is 16. The van der Waals surface area contributed by atoms with Crippen molar-refractivity contribution in [1.82, 2.24) is 10.9 Å². The first-order valence-electron chi connectivity index (χ1n) is 12.4. The Hall–Kier alpha value is -4.08. The van der Waals surface area contributed by atoms with Gasteiger partial charge >= 0.3 is 0 Å². The average molecular weight is 513 g/mol. The lowest BCUT2D eigenvalue weighted by atomic mass is 10.2. The van der Waals surface area contributed by atoms with Gasteiger partial charge in [-0.25, -0.2) is 10.9 Å². The van der Waals surface area contributed by atoms with Crippen LogP contribution >= 0.6 is 0 Å². The molecule has 0 spiro atoms. The summed E-state index contributed by atoms with van der Waals surface area (Å²) >= 11 is 0. The molecule has 10 heteroatoms. The fourth-order valence-electron chi connectivity index (χ4n) is 3.17. The largest absolute Gasteiger partial charge is 0.490 e. The Bertz CT molecular complexity index is 987. The molecule has 2 N–H and O–H groups in total. The monoisotopic (exact) mass is 512 g/mol. The van der Waals surface area contributed by atoms with E-state index in [2.05, 4.69) is 21.1 Å². The van der Waals surface area contributed by atoms with Crippen molar-refractivity contribution in [2.24, 2.45) is 10.2 Å². The number of carbonyl (C=O) groups is 2. The van der Waals surface area contributed by atoms with E-state index in [1.54, 1.807) is 24.3 Å². The zero-order valence-corrected chi connectivity index (χ0v) is 21.9. The molecule has 0 aliphatic carbocycles. The van der Waals surface area contributed by atoms with Gasteiger partial charge in [0.05, 0.1) is 38.9 Å². The number of nitrogens with zero attached hydrogens (tertiary/aromatic N) is 2. The van der Waals surface area contributed by atoms with Gasteiger partial charge in [0.25, 0.3) is 0 Å². The van der Waals surface area contributed by atoms with Crippen molar-refractivity contribution in [3.63, 3.8) is 0 Å². The third-order valence-electron chi connectivity index (χ3n) is 4.75. The van der Waals surface area contributed by atoms with Crippen molar-refractivity contribution in [2.45, 2.75) is 47.0 Å². The minimum atomic E-state index is -0.290. The molecule has 0 aromatic heterocycles. The number of benzene rings is 2. The van der Waals surface area contributed by atoms with Gasteiger partial charge in [0.2, 0.25) is 11.8 Å². The highest BCUT2D eigenvalue weighted by molar-refractivity contribution is 5.84. The number of hydrogen-bond donors (Lipinski definition) is 2. The number of hydrogen-bond acceptors (Lipinski definition) is 8. The van der Waals surface area contributed by atoms with Gasteiger partial charge in [-0.2, -0.15) is 10.2 Å². The van der Waals surface area contributed by atoms with E-state index < -0.39 is 0 Å². The van der Waals surface area contributed by atoms with Crippen LogP contribution in [0.5, 0.6) is 23.0 Å². The van der Waals surface area contributed by atoms with E-state index in [1.165, 1.54) is 12.4 Å². The molecule has 2 amide bonds. The van der Waals surface area contributed by atoms with Crippen LogP contribution < -0.4 is 29.8 Å². The van der Waals surface area contributed by atoms with Gasteiger partial charge in [0.15, 0.2) is 23.0 Å². The SMILES string of the molecule is CCOc1ccc(C=NNC(=O)CCCC(=O)NN=Cc2ccc(OCC)c(OCC)c2)cc1OCC. The second-order valence-electron chi connectivity index (χ2n) is 7.58. The Morgan fingerprint density at radius 3 is 1.41 bits per heavy atom. The van der Waals surface area contributed by atoms with E-state index >= 15 is 0 Å². The van der Waals surface area contributed by atoms with Crippen molar-refractivity contribution < 1.29 is 28.5 Å². The molecule has 37 heavy (non-hydrogen) atoms. The predicted molar refractivity (Wildman–Crippen MR) is 143 cm³/mol. The lowest BCUT2D eigenvalue weighted by Crippen LogP contribution is -2.20. The number of ether oxygens (including phenoxy) is 4. The van der Waals surface area contributed by atoms with Crippen LogP contribution in [-0.4, -0.2) is 50.7 Å². The first-order chi connectivity index (χ1) is 18.0. The van der Waals surface area contributed by atoms with E-state index in [0.717, 1.165) is 11.1 Å². The van der Waals surface area contributed by atoms with E-state index in [-0.39, 0.29) is 24.7 Å². The fraction of sp³-hybridized carbons (Fsp3) is 0.407. The molecule has 0 fully saturated rings. The molecule has 0 heterocycles. The molecule has 0 atom stereocenters. The van der Waals surface area contributed by atoms with Crippen LogP contribution in [0.4, 0.5) is 0 Å². The zero-order chi connectivity index (χ0) is 26.9. The van der Waals surface area contributed by atoms with Gasteiger partial charge < -0.3 is 18.9 Å². The van der Waals surface area contributed by atoms with Crippen LogP contribution in [0.1, 0.15) is 58.1 Å². The van der Waals surface area contributed by atoms with Crippen molar-refractivity contribution in [1.29, 1.82) is 0 Å². The summed E-state index contributed by atoms with van der Waals surface area (Å²) in [7, 11) is 0. The summed E-state index contributed by atoms with van der Waals surface area (Å²) in [4.78, 5) is 24.1. The van der Waals surface area contributed by atoms with Gasteiger partial charge in [0, 0.05) is 12.8 Å². The van der Waals surface area contributed by atoms with Gasteiger partial charge in [-0.15, -0.1) is 0 Å². The normalized spacial score (nSPS) is 10.9. The highest BCUT2D eigenvalue weighted by Crippen LogP contribution is 2.28. The summed E-state index contributed by atoms with van der Waals surface area (Å²) in [6.07, 6.45) is 3.71. The van der Waals surface area contributed by atoms with Crippen LogP contribution in [0.15, 0.2) is 46.6 Å². The Morgan fingerprint density at radius 2 is 1.03 bits per heavy atom. The van der Waals surface area contributed by atoms with Crippen LogP contribution in [0, 0.1) is 0 Å². The molecular formula is C27H36N4O6. The lowest BCUT2D eigenvalue weighted by molar-refractivity contribution is -0.122. The van der Waals surface area contributed by atoms with Crippen molar-refractivity contribution >= 4 is 24.2 Å². The highest BCUT2D eigenvalue weighted by atomic mass is 16.5. The quantitative estimate of drug-likeness (QED) is 0.259. The number of hydrazone groups is 2. The molecule has 10 nitrogen and oxygen atoms in total. The number of carbonyl (C=O) groups excluding carboxylic acids is 2. The molecular weight excluding hydrogens is 476 g/mol. The first kappa shape index (κ1) is 29.2.